The van der Waals surface area contributed by atoms with Crippen LogP contribution in [0.25, 0.3) is 0 Å². The second-order valence-corrected chi connectivity index (χ2v) is 5.38. The molecule has 0 amide bonds. The van der Waals surface area contributed by atoms with E-state index in [4.69, 9.17) is 5.73 Å². The molecule has 0 rings (SSSR count). The number of hydrogen-bond donors (Lipinski definition) is 1. The van der Waals surface area contributed by atoms with E-state index < -0.39 is 0 Å². The molecule has 0 heterocycles. The summed E-state index contributed by atoms with van der Waals surface area (Å²) >= 11 is 0. The Balaban J connectivity index is 0. The average molecular weight is 264 g/mol. The van der Waals surface area contributed by atoms with Gasteiger partial charge in [-0.1, -0.05) is 72.1 Å². The highest BCUT2D eigenvalue weighted by Crippen LogP contribution is 2.25. The van der Waals surface area contributed by atoms with Gasteiger partial charge in [-0.2, -0.15) is 0 Å². The molecule has 0 aromatic carbocycles. The summed E-state index contributed by atoms with van der Waals surface area (Å²) in [5.41, 5.74) is 6.72. The molecule has 0 spiro atoms. The maximum Gasteiger partial charge on any atom is 0.0154 e. The molecule has 0 aromatic heterocycles. The lowest BCUT2D eigenvalue weighted by molar-refractivity contribution is 0.308. The third-order valence-electron chi connectivity index (χ3n) is 3.58. The molecule has 2 N–H and O–H groups in total. The van der Waals surface area contributed by atoms with Gasteiger partial charge >= 0.3 is 0 Å². The summed E-state index contributed by atoms with van der Waals surface area (Å²) in [4.78, 5) is 0. The van der Waals surface area contributed by atoms with Crippen molar-refractivity contribution in [1.82, 2.24) is 0 Å². The molecular formula is C15H34ClN. The summed E-state index contributed by atoms with van der Waals surface area (Å²) in [7, 11) is 0. The maximum absolute atomic E-state index is 6.57. The smallest absolute Gasteiger partial charge is 0.0154 e. The zero-order valence-corrected chi connectivity index (χ0v) is 13.1. The van der Waals surface area contributed by atoms with Crippen LogP contribution in [0.1, 0.15) is 91.4 Å². The van der Waals surface area contributed by atoms with E-state index in [1.54, 1.807) is 0 Å². The molecule has 106 valence electrons. The van der Waals surface area contributed by atoms with Crippen LogP contribution in [0.2, 0.25) is 0 Å². The van der Waals surface area contributed by atoms with Gasteiger partial charge in [-0.15, -0.1) is 12.4 Å². The Morgan fingerprint density at radius 1 is 0.647 bits per heavy atom. The molecule has 2 heteroatoms. The van der Waals surface area contributed by atoms with Crippen LogP contribution in [0.4, 0.5) is 0 Å². The fourth-order valence-electron chi connectivity index (χ4n) is 2.36. The lowest BCUT2D eigenvalue weighted by Gasteiger charge is -2.30. The topological polar surface area (TPSA) is 26.0 Å². The summed E-state index contributed by atoms with van der Waals surface area (Å²) in [6, 6.07) is 0. The van der Waals surface area contributed by atoms with Crippen molar-refractivity contribution in [3.05, 3.63) is 0 Å². The van der Waals surface area contributed by atoms with Gasteiger partial charge in [-0.25, -0.2) is 0 Å². The minimum atomic E-state index is 0. The molecule has 0 aliphatic heterocycles. The Labute approximate surface area is 115 Å². The first-order valence-electron chi connectivity index (χ1n) is 7.47. The first-order chi connectivity index (χ1) is 7.68. The van der Waals surface area contributed by atoms with Crippen LogP contribution in [0.3, 0.4) is 0 Å². The summed E-state index contributed by atoms with van der Waals surface area (Å²) in [6.45, 7) is 6.79. The van der Waals surface area contributed by atoms with Gasteiger partial charge in [0.15, 0.2) is 0 Å². The molecule has 0 aliphatic carbocycles. The van der Waals surface area contributed by atoms with Crippen molar-refractivity contribution in [3.63, 3.8) is 0 Å². The van der Waals surface area contributed by atoms with Gasteiger partial charge in [-0.05, 0) is 19.3 Å². The second-order valence-electron chi connectivity index (χ2n) is 5.38. The SMILES string of the molecule is CCCCCC(N)(CCCC)CCCCC.Cl. The molecule has 0 fully saturated rings. The van der Waals surface area contributed by atoms with Crippen molar-refractivity contribution in [2.24, 2.45) is 5.73 Å². The van der Waals surface area contributed by atoms with Gasteiger partial charge in [0.2, 0.25) is 0 Å². The second kappa shape index (κ2) is 12.7. The van der Waals surface area contributed by atoms with E-state index in [1.807, 2.05) is 0 Å². The summed E-state index contributed by atoms with van der Waals surface area (Å²) in [5, 5.41) is 0. The predicted molar refractivity (Wildman–Crippen MR) is 82.0 cm³/mol. The van der Waals surface area contributed by atoms with Crippen molar-refractivity contribution >= 4 is 12.4 Å². The molecule has 0 bridgehead atoms. The summed E-state index contributed by atoms with van der Waals surface area (Å²) in [5.74, 6) is 0. The largest absolute Gasteiger partial charge is 0.325 e. The number of rotatable bonds is 11. The van der Waals surface area contributed by atoms with Gasteiger partial charge < -0.3 is 5.73 Å². The first kappa shape index (κ1) is 19.6. The van der Waals surface area contributed by atoms with Crippen LogP contribution >= 0.6 is 12.4 Å². The van der Waals surface area contributed by atoms with Gasteiger partial charge in [0, 0.05) is 5.54 Å². The van der Waals surface area contributed by atoms with Gasteiger partial charge in [0.1, 0.15) is 0 Å². The molecule has 0 unspecified atom stereocenters. The van der Waals surface area contributed by atoms with E-state index in [0.29, 0.717) is 0 Å². The first-order valence-corrected chi connectivity index (χ1v) is 7.47. The number of halogens is 1. The highest BCUT2D eigenvalue weighted by Gasteiger charge is 2.22. The van der Waals surface area contributed by atoms with E-state index in [1.165, 1.54) is 70.6 Å². The van der Waals surface area contributed by atoms with Crippen molar-refractivity contribution in [3.8, 4) is 0 Å². The Morgan fingerprint density at radius 2 is 1.00 bits per heavy atom. The predicted octanol–water partition coefficient (Wildman–Crippen LogP) is 5.46. The van der Waals surface area contributed by atoms with Crippen LogP contribution in [-0.2, 0) is 0 Å². The fraction of sp³-hybridized carbons (Fsp3) is 1.00. The number of nitrogens with two attached hydrogens (primary N) is 1. The monoisotopic (exact) mass is 263 g/mol. The minimum Gasteiger partial charge on any atom is -0.325 e. The van der Waals surface area contributed by atoms with Gasteiger partial charge in [0.25, 0.3) is 0 Å². The van der Waals surface area contributed by atoms with Crippen molar-refractivity contribution < 1.29 is 0 Å². The summed E-state index contributed by atoms with van der Waals surface area (Å²) < 4.78 is 0. The minimum absolute atomic E-state index is 0. The van der Waals surface area contributed by atoms with Crippen molar-refractivity contribution in [1.29, 1.82) is 0 Å². The molecule has 17 heavy (non-hydrogen) atoms. The molecular weight excluding hydrogens is 230 g/mol. The average Bonchev–Trinajstić information content (AvgIpc) is 2.27. The Hall–Kier alpha value is 0.250. The highest BCUT2D eigenvalue weighted by molar-refractivity contribution is 5.85. The van der Waals surface area contributed by atoms with E-state index in [9.17, 15) is 0 Å². The molecule has 1 nitrogen and oxygen atoms in total. The zero-order valence-electron chi connectivity index (χ0n) is 12.3. The van der Waals surface area contributed by atoms with Crippen molar-refractivity contribution in [2.45, 2.75) is 96.9 Å². The lowest BCUT2D eigenvalue weighted by Crippen LogP contribution is -2.39. The standard InChI is InChI=1S/C15H33N.ClH/c1-4-7-10-13-15(16,12-9-6-3)14-11-8-5-2;/h4-14,16H2,1-3H3;1H. The third-order valence-corrected chi connectivity index (χ3v) is 3.58. The fourth-order valence-corrected chi connectivity index (χ4v) is 2.36. The molecule has 0 saturated heterocycles. The molecule has 0 aromatic rings. The van der Waals surface area contributed by atoms with Crippen LogP contribution in [0.5, 0.6) is 0 Å². The number of hydrogen-bond acceptors (Lipinski definition) is 1. The Bertz CT molecular complexity index is 138. The quantitative estimate of drug-likeness (QED) is 0.493. The van der Waals surface area contributed by atoms with Crippen LogP contribution < -0.4 is 5.73 Å². The van der Waals surface area contributed by atoms with E-state index in [2.05, 4.69) is 20.8 Å². The summed E-state index contributed by atoms with van der Waals surface area (Å²) in [6.07, 6.45) is 14.2. The van der Waals surface area contributed by atoms with Gasteiger partial charge in [-0.3, -0.25) is 0 Å². The van der Waals surface area contributed by atoms with Gasteiger partial charge in [0.05, 0.1) is 0 Å². The lowest BCUT2D eigenvalue weighted by atomic mass is 9.83. The van der Waals surface area contributed by atoms with Crippen molar-refractivity contribution in [2.75, 3.05) is 0 Å². The molecule has 0 saturated carbocycles. The van der Waals surface area contributed by atoms with Crippen LogP contribution in [-0.4, -0.2) is 5.54 Å². The maximum atomic E-state index is 6.57. The van der Waals surface area contributed by atoms with Crippen LogP contribution in [0, 0.1) is 0 Å². The Morgan fingerprint density at radius 3 is 1.35 bits per heavy atom. The van der Waals surface area contributed by atoms with E-state index in [-0.39, 0.29) is 17.9 Å². The van der Waals surface area contributed by atoms with E-state index in [0.717, 1.165) is 0 Å². The third kappa shape index (κ3) is 11.1. The highest BCUT2D eigenvalue weighted by atomic mass is 35.5. The molecule has 0 atom stereocenters. The zero-order chi connectivity index (χ0) is 12.3. The molecule has 0 aliphatic rings. The van der Waals surface area contributed by atoms with E-state index >= 15 is 0 Å². The Kier molecular flexibility index (Phi) is 14.6. The van der Waals surface area contributed by atoms with Crippen LogP contribution in [0.15, 0.2) is 0 Å². The number of unbranched alkanes of at least 4 members (excludes halogenated alkanes) is 5. The molecule has 0 radical (unpaired) electrons. The normalized spacial score (nSPS) is 11.3.